The van der Waals surface area contributed by atoms with E-state index in [2.05, 4.69) is 4.98 Å². The van der Waals surface area contributed by atoms with Gasteiger partial charge in [-0.3, -0.25) is 0 Å². The highest BCUT2D eigenvalue weighted by Crippen LogP contribution is 2.22. The van der Waals surface area contributed by atoms with Crippen molar-refractivity contribution in [1.29, 1.82) is 0 Å². The van der Waals surface area contributed by atoms with E-state index < -0.39 is 12.1 Å². The Morgan fingerprint density at radius 1 is 1.59 bits per heavy atom. The van der Waals surface area contributed by atoms with Gasteiger partial charge in [-0.05, 0) is 18.6 Å². The lowest BCUT2D eigenvalue weighted by atomic mass is 10.2. The van der Waals surface area contributed by atoms with Crippen molar-refractivity contribution < 1.29 is 19.1 Å². The van der Waals surface area contributed by atoms with Gasteiger partial charge in [0.2, 0.25) is 0 Å². The van der Waals surface area contributed by atoms with Crippen molar-refractivity contribution in [1.82, 2.24) is 4.98 Å². The summed E-state index contributed by atoms with van der Waals surface area (Å²) in [4.78, 5) is 15.0. The number of aliphatic carboxylic acids is 1. The maximum atomic E-state index is 10.8. The predicted molar refractivity (Wildman–Crippen MR) is 61.1 cm³/mol. The first-order chi connectivity index (χ1) is 8.10. The van der Waals surface area contributed by atoms with Gasteiger partial charge in [0, 0.05) is 13.0 Å². The summed E-state index contributed by atoms with van der Waals surface area (Å²) >= 11 is 0. The summed E-state index contributed by atoms with van der Waals surface area (Å²) in [5.41, 5.74) is 1.33. The molecular weight excluding hydrogens is 222 g/mol. The van der Waals surface area contributed by atoms with Crippen LogP contribution in [0.1, 0.15) is 19.2 Å². The summed E-state index contributed by atoms with van der Waals surface area (Å²) in [5, 5.41) is 8.89. The molecule has 0 bridgehead atoms. The Kier molecular flexibility index (Phi) is 2.99. The molecule has 0 saturated carbocycles. The van der Waals surface area contributed by atoms with Gasteiger partial charge in [-0.25, -0.2) is 9.78 Å². The van der Waals surface area contributed by atoms with Crippen LogP contribution in [0.4, 0.5) is 0 Å². The molecule has 5 heteroatoms. The third-order valence-electron chi connectivity index (χ3n) is 2.39. The van der Waals surface area contributed by atoms with Crippen LogP contribution in [0.5, 0.6) is 5.75 Å². The Balaban J connectivity index is 2.26. The molecule has 0 aliphatic carbocycles. The highest BCUT2D eigenvalue weighted by molar-refractivity contribution is 5.75. The maximum absolute atomic E-state index is 10.8. The minimum atomic E-state index is -0.969. The van der Waals surface area contributed by atoms with E-state index in [-0.39, 0.29) is 0 Å². The van der Waals surface area contributed by atoms with Gasteiger partial charge in [-0.2, -0.15) is 0 Å². The SMILES string of the molecule is CCC(Oc1ccc2oc(C)nc2c1)C(=O)O. The van der Waals surface area contributed by atoms with Gasteiger partial charge in [-0.1, -0.05) is 6.92 Å². The number of carboxylic acids is 1. The zero-order chi connectivity index (χ0) is 12.4. The number of aromatic nitrogens is 1. The minimum Gasteiger partial charge on any atom is -0.479 e. The largest absolute Gasteiger partial charge is 0.479 e. The molecule has 1 atom stereocenters. The van der Waals surface area contributed by atoms with E-state index in [1.54, 1.807) is 32.0 Å². The van der Waals surface area contributed by atoms with E-state index in [1.165, 1.54) is 0 Å². The van der Waals surface area contributed by atoms with Gasteiger partial charge in [0.05, 0.1) is 0 Å². The lowest BCUT2D eigenvalue weighted by molar-refractivity contribution is -0.145. The first-order valence-corrected chi connectivity index (χ1v) is 5.37. The summed E-state index contributed by atoms with van der Waals surface area (Å²) in [6.45, 7) is 3.52. The molecule has 1 aromatic carbocycles. The summed E-state index contributed by atoms with van der Waals surface area (Å²) in [6.07, 6.45) is -0.425. The van der Waals surface area contributed by atoms with Crippen LogP contribution in [-0.4, -0.2) is 22.2 Å². The van der Waals surface area contributed by atoms with Gasteiger partial charge in [0.25, 0.3) is 0 Å². The quantitative estimate of drug-likeness (QED) is 0.880. The number of hydrogen-bond acceptors (Lipinski definition) is 4. The number of benzene rings is 1. The normalized spacial score (nSPS) is 12.6. The third kappa shape index (κ3) is 2.38. The number of aryl methyl sites for hydroxylation is 1. The highest BCUT2D eigenvalue weighted by Gasteiger charge is 2.17. The number of ether oxygens (including phenoxy) is 1. The van der Waals surface area contributed by atoms with E-state index in [4.69, 9.17) is 14.3 Å². The average Bonchev–Trinajstić information content (AvgIpc) is 2.64. The molecule has 1 aromatic heterocycles. The lowest BCUT2D eigenvalue weighted by Crippen LogP contribution is -2.25. The molecule has 0 aliphatic heterocycles. The van der Waals surface area contributed by atoms with Crippen LogP contribution < -0.4 is 4.74 Å². The van der Waals surface area contributed by atoms with Crippen LogP contribution in [0.2, 0.25) is 0 Å². The Morgan fingerprint density at radius 3 is 3.00 bits per heavy atom. The summed E-state index contributed by atoms with van der Waals surface area (Å²) in [7, 11) is 0. The molecule has 0 spiro atoms. The number of rotatable bonds is 4. The maximum Gasteiger partial charge on any atom is 0.344 e. The van der Waals surface area contributed by atoms with Crippen LogP contribution in [0.15, 0.2) is 22.6 Å². The molecule has 1 unspecified atom stereocenters. The average molecular weight is 235 g/mol. The van der Waals surface area contributed by atoms with Crippen LogP contribution in [0, 0.1) is 6.92 Å². The van der Waals surface area contributed by atoms with Gasteiger partial charge in [-0.15, -0.1) is 0 Å². The molecule has 1 N–H and O–H groups in total. The first-order valence-electron chi connectivity index (χ1n) is 5.37. The summed E-state index contributed by atoms with van der Waals surface area (Å²) in [6, 6.07) is 5.08. The van der Waals surface area contributed by atoms with Crippen molar-refractivity contribution in [2.45, 2.75) is 26.4 Å². The van der Waals surface area contributed by atoms with Crippen LogP contribution in [0.25, 0.3) is 11.1 Å². The number of carbonyl (C=O) groups is 1. The van der Waals surface area contributed by atoms with Gasteiger partial charge in [0.15, 0.2) is 17.6 Å². The zero-order valence-corrected chi connectivity index (χ0v) is 9.64. The van der Waals surface area contributed by atoms with Crippen molar-refractivity contribution in [3.63, 3.8) is 0 Å². The van der Waals surface area contributed by atoms with Crippen molar-refractivity contribution in [3.05, 3.63) is 24.1 Å². The van der Waals surface area contributed by atoms with E-state index >= 15 is 0 Å². The molecular formula is C12H13NO4. The monoisotopic (exact) mass is 235 g/mol. The molecule has 0 amide bonds. The van der Waals surface area contributed by atoms with Crippen molar-refractivity contribution in [2.75, 3.05) is 0 Å². The number of oxazole rings is 1. The van der Waals surface area contributed by atoms with E-state index in [0.717, 1.165) is 0 Å². The smallest absolute Gasteiger partial charge is 0.344 e. The van der Waals surface area contributed by atoms with Crippen LogP contribution in [0.3, 0.4) is 0 Å². The fourth-order valence-electron chi connectivity index (χ4n) is 1.57. The van der Waals surface area contributed by atoms with Crippen molar-refractivity contribution in [3.8, 4) is 5.75 Å². The second-order valence-electron chi connectivity index (χ2n) is 3.72. The molecule has 0 fully saturated rings. The Labute approximate surface area is 98.0 Å². The van der Waals surface area contributed by atoms with Crippen LogP contribution >= 0.6 is 0 Å². The first kappa shape index (κ1) is 11.4. The second-order valence-corrected chi connectivity index (χ2v) is 3.72. The number of fused-ring (bicyclic) bond motifs is 1. The van der Waals surface area contributed by atoms with Gasteiger partial charge >= 0.3 is 5.97 Å². The minimum absolute atomic E-state index is 0.408. The Morgan fingerprint density at radius 2 is 2.35 bits per heavy atom. The predicted octanol–water partition coefficient (Wildman–Crippen LogP) is 2.38. The molecule has 0 radical (unpaired) electrons. The Bertz CT molecular complexity index is 546. The topological polar surface area (TPSA) is 72.6 Å². The standard InChI is InChI=1S/C12H13NO4/c1-3-10(12(14)15)17-8-4-5-11-9(6-8)13-7(2)16-11/h4-6,10H,3H2,1-2H3,(H,14,15). The molecule has 0 saturated heterocycles. The molecule has 2 aromatic rings. The van der Waals surface area contributed by atoms with Gasteiger partial charge in [0.1, 0.15) is 11.3 Å². The molecule has 0 aliphatic rings. The van der Waals surface area contributed by atoms with Crippen LogP contribution in [-0.2, 0) is 4.79 Å². The van der Waals surface area contributed by atoms with Gasteiger partial charge < -0.3 is 14.3 Å². The molecule has 1 heterocycles. The summed E-state index contributed by atoms with van der Waals surface area (Å²) < 4.78 is 10.7. The Hall–Kier alpha value is -2.04. The summed E-state index contributed by atoms with van der Waals surface area (Å²) in [5.74, 6) is 0.0893. The molecule has 17 heavy (non-hydrogen) atoms. The zero-order valence-electron chi connectivity index (χ0n) is 9.64. The van der Waals surface area contributed by atoms with E-state index in [1.807, 2.05) is 0 Å². The van der Waals surface area contributed by atoms with E-state index in [9.17, 15) is 4.79 Å². The lowest BCUT2D eigenvalue weighted by Gasteiger charge is -2.12. The van der Waals surface area contributed by atoms with Crippen molar-refractivity contribution >= 4 is 17.1 Å². The molecule has 5 nitrogen and oxygen atoms in total. The second kappa shape index (κ2) is 4.45. The fraction of sp³-hybridized carbons (Fsp3) is 0.333. The third-order valence-corrected chi connectivity index (χ3v) is 2.39. The van der Waals surface area contributed by atoms with Crippen molar-refractivity contribution in [2.24, 2.45) is 0 Å². The molecule has 2 rings (SSSR count). The van der Waals surface area contributed by atoms with E-state index in [0.29, 0.717) is 29.2 Å². The number of hydrogen-bond donors (Lipinski definition) is 1. The fourth-order valence-corrected chi connectivity index (χ4v) is 1.57. The highest BCUT2D eigenvalue weighted by atomic mass is 16.5. The number of carboxylic acid groups (broad SMARTS) is 1. The number of nitrogens with zero attached hydrogens (tertiary/aromatic N) is 1. The molecule has 90 valence electrons.